The Labute approximate surface area is 166 Å². The van der Waals surface area contributed by atoms with Crippen LogP contribution in [0.15, 0.2) is 0 Å². The molecule has 0 aromatic rings. The molecule has 5 nitrogen and oxygen atoms in total. The number of carbonyl (C=O) groups is 1. The summed E-state index contributed by atoms with van der Waals surface area (Å²) < 4.78 is 6.32. The summed E-state index contributed by atoms with van der Waals surface area (Å²) in [6.07, 6.45) is 15.3. The third kappa shape index (κ3) is 11.7. The van der Waals surface area contributed by atoms with Gasteiger partial charge in [-0.15, -0.1) is 0 Å². The number of carboxylic acid groups (broad SMARTS) is 1. The van der Waals surface area contributed by atoms with E-state index in [2.05, 4.69) is 6.92 Å². The molecule has 0 saturated carbocycles. The highest BCUT2D eigenvalue weighted by Crippen LogP contribution is 2.29. The van der Waals surface area contributed by atoms with Crippen molar-refractivity contribution in [3.05, 3.63) is 0 Å². The Kier molecular flexibility index (Phi) is 11.5. The molecule has 1 aliphatic heterocycles. The second-order valence-electron chi connectivity index (χ2n) is 9.18. The molecule has 1 N–H and O–H groups in total. The summed E-state index contributed by atoms with van der Waals surface area (Å²) in [6.45, 7) is 3.36. The molecule has 0 aromatic carbocycles. The largest absolute Gasteiger partial charge is 0.550 e. The van der Waals surface area contributed by atoms with Crippen LogP contribution in [0.25, 0.3) is 0 Å². The Bertz CT molecular complexity index is 413. The fraction of sp³-hybridized carbons (Fsp3) is 0.955. The average molecular weight is 386 g/mol. The first-order valence-electron chi connectivity index (χ1n) is 11.2. The number of carboxylic acids is 1. The third-order valence-corrected chi connectivity index (χ3v) is 5.57. The zero-order chi connectivity index (χ0) is 20.2. The topological polar surface area (TPSA) is 69.6 Å². The SMILES string of the molecule is CCCCCCCCCCCCCC[C@@]1(O)C[N+](C)(C)C[C@@H](CC(=O)[O-])O1. The normalized spacial score (nSPS) is 24.8. The first kappa shape index (κ1) is 24.4. The Hall–Kier alpha value is -0.650. The number of carbonyl (C=O) groups excluding carboxylic acids is 1. The molecule has 0 unspecified atom stereocenters. The lowest BCUT2D eigenvalue weighted by Gasteiger charge is -2.46. The number of ether oxygens (including phenoxy) is 1. The van der Waals surface area contributed by atoms with Crippen molar-refractivity contribution in [3.63, 3.8) is 0 Å². The quantitative estimate of drug-likeness (QED) is 0.346. The van der Waals surface area contributed by atoms with E-state index in [4.69, 9.17) is 4.74 Å². The molecule has 27 heavy (non-hydrogen) atoms. The molecule has 1 aliphatic rings. The lowest BCUT2D eigenvalue weighted by molar-refractivity contribution is -0.915. The van der Waals surface area contributed by atoms with Crippen molar-refractivity contribution in [2.24, 2.45) is 0 Å². The Morgan fingerprint density at radius 2 is 1.48 bits per heavy atom. The molecule has 0 aliphatic carbocycles. The molecule has 5 heteroatoms. The van der Waals surface area contributed by atoms with E-state index >= 15 is 0 Å². The van der Waals surface area contributed by atoms with E-state index in [0.29, 0.717) is 24.0 Å². The van der Waals surface area contributed by atoms with Gasteiger partial charge in [0.2, 0.25) is 5.79 Å². The summed E-state index contributed by atoms with van der Waals surface area (Å²) in [5.41, 5.74) is 0. The maximum absolute atomic E-state index is 10.9. The van der Waals surface area contributed by atoms with Crippen molar-refractivity contribution in [2.45, 2.75) is 109 Å². The number of unbranched alkanes of at least 4 members (excludes halogenated alkanes) is 11. The number of hydrogen-bond donors (Lipinski definition) is 1. The summed E-state index contributed by atoms with van der Waals surface area (Å²) in [6, 6.07) is 0. The molecule has 2 atom stereocenters. The minimum absolute atomic E-state index is 0.150. The number of aliphatic hydroxyl groups is 1. The lowest BCUT2D eigenvalue weighted by Crippen LogP contribution is -2.63. The molecule has 1 fully saturated rings. The van der Waals surface area contributed by atoms with Gasteiger partial charge < -0.3 is 24.2 Å². The number of aliphatic carboxylic acids is 1. The zero-order valence-electron chi connectivity index (χ0n) is 18.0. The fourth-order valence-electron chi connectivity index (χ4n) is 4.34. The molecule has 0 amide bonds. The summed E-state index contributed by atoms with van der Waals surface area (Å²) >= 11 is 0. The van der Waals surface area contributed by atoms with Crippen molar-refractivity contribution in [1.29, 1.82) is 0 Å². The highest BCUT2D eigenvalue weighted by Gasteiger charge is 2.44. The number of likely N-dealkylation sites (N-methyl/N-ethyl adjacent to an activating group) is 1. The first-order chi connectivity index (χ1) is 12.8. The summed E-state index contributed by atoms with van der Waals surface area (Å²) in [4.78, 5) is 10.9. The molecule has 1 rings (SSSR count). The van der Waals surface area contributed by atoms with Crippen LogP contribution in [0.4, 0.5) is 0 Å². The average Bonchev–Trinajstić information content (AvgIpc) is 2.53. The first-order valence-corrected chi connectivity index (χ1v) is 11.2. The van der Waals surface area contributed by atoms with Crippen molar-refractivity contribution in [2.75, 3.05) is 27.2 Å². The predicted octanol–water partition coefficient (Wildman–Crippen LogP) is 3.38. The zero-order valence-corrected chi connectivity index (χ0v) is 18.0. The van der Waals surface area contributed by atoms with E-state index < -0.39 is 17.9 Å². The maximum Gasteiger partial charge on any atom is 0.216 e. The van der Waals surface area contributed by atoms with Gasteiger partial charge >= 0.3 is 0 Å². The monoisotopic (exact) mass is 385 g/mol. The van der Waals surface area contributed by atoms with Gasteiger partial charge in [0.15, 0.2) is 0 Å². The van der Waals surface area contributed by atoms with Crippen molar-refractivity contribution >= 4 is 5.97 Å². The summed E-state index contributed by atoms with van der Waals surface area (Å²) in [5.74, 6) is -2.32. The number of quaternary nitrogens is 1. The minimum Gasteiger partial charge on any atom is -0.550 e. The van der Waals surface area contributed by atoms with Crippen molar-refractivity contribution in [3.8, 4) is 0 Å². The number of nitrogens with zero attached hydrogens (tertiary/aromatic N) is 1. The molecular weight excluding hydrogens is 342 g/mol. The van der Waals surface area contributed by atoms with E-state index in [1.165, 1.54) is 64.2 Å². The Balaban J connectivity index is 2.11. The highest BCUT2D eigenvalue weighted by atomic mass is 16.6. The standard InChI is InChI=1S/C22H43NO4/c1-4-5-6-7-8-9-10-11-12-13-14-15-16-22(26)19-23(2,3)18-20(27-22)17-21(24)25/h20,26H,4-19H2,1-3H3/t20-,22+/m1/s1. The van der Waals surface area contributed by atoms with Crippen molar-refractivity contribution in [1.82, 2.24) is 0 Å². The van der Waals surface area contributed by atoms with Gasteiger partial charge in [0, 0.05) is 18.8 Å². The van der Waals surface area contributed by atoms with Crippen LogP contribution in [0.2, 0.25) is 0 Å². The maximum atomic E-state index is 10.9. The van der Waals surface area contributed by atoms with E-state index in [1.807, 2.05) is 14.1 Å². The van der Waals surface area contributed by atoms with Gasteiger partial charge in [0.25, 0.3) is 0 Å². The second kappa shape index (κ2) is 12.7. The fourth-order valence-corrected chi connectivity index (χ4v) is 4.34. The molecule has 0 radical (unpaired) electrons. The van der Waals surface area contributed by atoms with Crippen LogP contribution in [-0.2, 0) is 9.53 Å². The van der Waals surface area contributed by atoms with Gasteiger partial charge in [-0.1, -0.05) is 77.6 Å². The van der Waals surface area contributed by atoms with Crippen LogP contribution >= 0.6 is 0 Å². The summed E-state index contributed by atoms with van der Waals surface area (Å²) in [7, 11) is 4.02. The molecular formula is C22H43NO4. The van der Waals surface area contributed by atoms with Crippen LogP contribution in [0.1, 0.15) is 96.8 Å². The third-order valence-electron chi connectivity index (χ3n) is 5.57. The van der Waals surface area contributed by atoms with Gasteiger partial charge in [-0.25, -0.2) is 0 Å². The van der Waals surface area contributed by atoms with Gasteiger partial charge in [-0.2, -0.15) is 0 Å². The molecule has 1 saturated heterocycles. The van der Waals surface area contributed by atoms with Crippen molar-refractivity contribution < 1.29 is 24.2 Å². The van der Waals surface area contributed by atoms with Crippen LogP contribution in [0.3, 0.4) is 0 Å². The van der Waals surface area contributed by atoms with E-state index in [1.54, 1.807) is 0 Å². The van der Waals surface area contributed by atoms with E-state index in [0.717, 1.165) is 12.8 Å². The van der Waals surface area contributed by atoms with Crippen LogP contribution in [0.5, 0.6) is 0 Å². The van der Waals surface area contributed by atoms with E-state index in [-0.39, 0.29) is 6.42 Å². The van der Waals surface area contributed by atoms with Gasteiger partial charge in [0.1, 0.15) is 19.2 Å². The molecule has 0 bridgehead atoms. The summed E-state index contributed by atoms with van der Waals surface area (Å²) in [5, 5.41) is 21.7. The van der Waals surface area contributed by atoms with Gasteiger partial charge in [-0.05, 0) is 6.42 Å². The number of morpholine rings is 1. The Morgan fingerprint density at radius 1 is 1.00 bits per heavy atom. The van der Waals surface area contributed by atoms with Gasteiger partial charge in [-0.3, -0.25) is 0 Å². The molecule has 160 valence electrons. The molecule has 0 spiro atoms. The predicted molar refractivity (Wildman–Crippen MR) is 107 cm³/mol. The van der Waals surface area contributed by atoms with Crippen LogP contribution in [-0.4, -0.2) is 54.6 Å². The van der Waals surface area contributed by atoms with Crippen LogP contribution < -0.4 is 5.11 Å². The number of rotatable bonds is 15. The molecule has 0 aromatic heterocycles. The molecule has 1 heterocycles. The number of hydrogen-bond acceptors (Lipinski definition) is 4. The highest BCUT2D eigenvalue weighted by molar-refractivity contribution is 5.64. The van der Waals surface area contributed by atoms with Gasteiger partial charge in [0.05, 0.1) is 14.1 Å². The van der Waals surface area contributed by atoms with Crippen LogP contribution in [0, 0.1) is 0 Å². The lowest BCUT2D eigenvalue weighted by atomic mass is 10.0. The smallest absolute Gasteiger partial charge is 0.216 e. The Morgan fingerprint density at radius 3 is 1.96 bits per heavy atom. The second-order valence-corrected chi connectivity index (χ2v) is 9.18. The van der Waals surface area contributed by atoms with E-state index in [9.17, 15) is 15.0 Å². The minimum atomic E-state index is -1.21.